The third-order valence-electron chi connectivity index (χ3n) is 3.40. The number of nitrogens with one attached hydrogen (secondary N) is 2. The van der Waals surface area contributed by atoms with Crippen molar-refractivity contribution < 1.29 is 9.26 Å². The van der Waals surface area contributed by atoms with Crippen LogP contribution >= 0.6 is 0 Å². The number of methoxy groups -OCH3 is 1. The summed E-state index contributed by atoms with van der Waals surface area (Å²) in [6.45, 7) is 2.57. The van der Waals surface area contributed by atoms with E-state index in [9.17, 15) is 0 Å². The molecule has 0 atom stereocenters. The Balaban J connectivity index is 1.54. The topological polar surface area (TPSA) is 85.1 Å². The smallest absolute Gasteiger partial charge is 0.224 e. The second kappa shape index (κ2) is 7.45. The quantitative estimate of drug-likeness (QED) is 0.690. The summed E-state index contributed by atoms with van der Waals surface area (Å²) in [7, 11) is 1.66. The first-order valence-electron chi connectivity index (χ1n) is 7.63. The summed E-state index contributed by atoms with van der Waals surface area (Å²) in [5.41, 5.74) is 1.22. The molecule has 0 saturated carbocycles. The molecule has 0 aliphatic rings. The summed E-state index contributed by atoms with van der Waals surface area (Å²) >= 11 is 0. The maximum absolute atomic E-state index is 5.15. The molecule has 1 aromatic carbocycles. The van der Waals surface area contributed by atoms with Crippen LogP contribution in [0.4, 0.5) is 17.6 Å². The van der Waals surface area contributed by atoms with Crippen molar-refractivity contribution in [1.82, 2.24) is 15.1 Å². The minimum atomic E-state index is 0.564. The Bertz CT molecular complexity index is 786. The average molecular weight is 325 g/mol. The normalized spacial score (nSPS) is 10.4. The Morgan fingerprint density at radius 3 is 2.67 bits per heavy atom. The zero-order chi connectivity index (χ0) is 16.8. The predicted molar refractivity (Wildman–Crippen MR) is 91.7 cm³/mol. The van der Waals surface area contributed by atoms with Gasteiger partial charge in [-0.05, 0) is 37.1 Å². The molecule has 0 bridgehead atoms. The molecule has 0 unspecified atom stereocenters. The summed E-state index contributed by atoms with van der Waals surface area (Å²) in [4.78, 5) is 8.62. The molecule has 0 aliphatic carbocycles. The molecule has 0 fully saturated rings. The summed E-state index contributed by atoms with van der Waals surface area (Å²) in [5.74, 6) is 3.44. The van der Waals surface area contributed by atoms with Crippen molar-refractivity contribution in [3.05, 3.63) is 53.9 Å². The molecule has 2 N–H and O–H groups in total. The molecule has 2 aromatic heterocycles. The molecule has 0 spiro atoms. The third kappa shape index (κ3) is 4.22. The van der Waals surface area contributed by atoms with E-state index < -0.39 is 0 Å². The van der Waals surface area contributed by atoms with Gasteiger partial charge in [-0.3, -0.25) is 0 Å². The monoisotopic (exact) mass is 325 g/mol. The Labute approximate surface area is 140 Å². The lowest BCUT2D eigenvalue weighted by Gasteiger charge is -2.07. The minimum Gasteiger partial charge on any atom is -0.497 e. The SMILES string of the molecule is COc1ccc(CCNc2nccc(Nc3cc(C)on3)n2)cc1. The standard InChI is InChI=1S/C17H19N5O2/c1-12-11-16(22-24-12)20-15-8-10-19-17(21-15)18-9-7-13-3-5-14(23-2)6-4-13/h3-6,8,10-11H,7,9H2,1-2H3,(H2,18,19,20,21,22). The van der Waals surface area contributed by atoms with Crippen molar-refractivity contribution in [1.29, 1.82) is 0 Å². The van der Waals surface area contributed by atoms with Gasteiger partial charge in [-0.25, -0.2) is 4.98 Å². The fraction of sp³-hybridized carbons (Fsp3) is 0.235. The number of rotatable bonds is 7. The maximum atomic E-state index is 5.15. The zero-order valence-corrected chi connectivity index (χ0v) is 13.6. The van der Waals surface area contributed by atoms with E-state index >= 15 is 0 Å². The van der Waals surface area contributed by atoms with Crippen LogP contribution in [0.15, 0.2) is 47.1 Å². The highest BCUT2D eigenvalue weighted by molar-refractivity contribution is 5.52. The van der Waals surface area contributed by atoms with Crippen LogP contribution in [0, 0.1) is 6.92 Å². The minimum absolute atomic E-state index is 0.564. The van der Waals surface area contributed by atoms with Crippen LogP contribution in [0.2, 0.25) is 0 Å². The van der Waals surface area contributed by atoms with Gasteiger partial charge in [-0.2, -0.15) is 4.98 Å². The molecule has 24 heavy (non-hydrogen) atoms. The number of aromatic nitrogens is 3. The van der Waals surface area contributed by atoms with E-state index in [0.717, 1.165) is 24.5 Å². The van der Waals surface area contributed by atoms with Gasteiger partial charge in [-0.1, -0.05) is 17.3 Å². The van der Waals surface area contributed by atoms with Crippen LogP contribution in [0.1, 0.15) is 11.3 Å². The van der Waals surface area contributed by atoms with E-state index in [1.54, 1.807) is 25.4 Å². The summed E-state index contributed by atoms with van der Waals surface area (Å²) in [6.07, 6.45) is 2.56. The van der Waals surface area contributed by atoms with E-state index in [1.165, 1.54) is 5.56 Å². The molecule has 0 saturated heterocycles. The molecule has 3 rings (SSSR count). The molecule has 3 aromatic rings. The van der Waals surface area contributed by atoms with Crippen LogP contribution < -0.4 is 15.4 Å². The van der Waals surface area contributed by atoms with E-state index in [0.29, 0.717) is 17.6 Å². The number of nitrogens with zero attached hydrogens (tertiary/aromatic N) is 3. The lowest BCUT2D eigenvalue weighted by Crippen LogP contribution is -2.08. The predicted octanol–water partition coefficient (Wildman–Crippen LogP) is 3.18. The molecule has 2 heterocycles. The van der Waals surface area contributed by atoms with Crippen LogP contribution in [0.25, 0.3) is 0 Å². The first kappa shape index (κ1) is 15.8. The van der Waals surface area contributed by atoms with E-state index in [1.807, 2.05) is 31.2 Å². The maximum Gasteiger partial charge on any atom is 0.224 e. The van der Waals surface area contributed by atoms with Crippen LogP contribution in [0.5, 0.6) is 5.75 Å². The Hall–Kier alpha value is -3.09. The second-order valence-corrected chi connectivity index (χ2v) is 5.24. The lowest BCUT2D eigenvalue weighted by molar-refractivity contribution is 0.400. The van der Waals surface area contributed by atoms with Gasteiger partial charge in [0.25, 0.3) is 0 Å². The average Bonchev–Trinajstić information content (AvgIpc) is 3.01. The summed E-state index contributed by atoms with van der Waals surface area (Å²) < 4.78 is 10.2. The molecule has 7 heteroatoms. The highest BCUT2D eigenvalue weighted by Gasteiger charge is 2.03. The van der Waals surface area contributed by atoms with Gasteiger partial charge in [-0.15, -0.1) is 0 Å². The van der Waals surface area contributed by atoms with Crippen molar-refractivity contribution >= 4 is 17.6 Å². The van der Waals surface area contributed by atoms with Crippen molar-refractivity contribution in [2.45, 2.75) is 13.3 Å². The lowest BCUT2D eigenvalue weighted by atomic mass is 10.1. The molecule has 124 valence electrons. The fourth-order valence-corrected chi connectivity index (χ4v) is 2.18. The number of anilines is 3. The van der Waals surface area contributed by atoms with E-state index in [4.69, 9.17) is 9.26 Å². The third-order valence-corrected chi connectivity index (χ3v) is 3.40. The number of hydrogen-bond donors (Lipinski definition) is 2. The van der Waals surface area contributed by atoms with E-state index in [-0.39, 0.29) is 0 Å². The largest absolute Gasteiger partial charge is 0.497 e. The van der Waals surface area contributed by atoms with Crippen molar-refractivity contribution in [3.8, 4) is 5.75 Å². The number of aryl methyl sites for hydroxylation is 1. The first-order chi connectivity index (χ1) is 11.7. The number of benzene rings is 1. The van der Waals surface area contributed by atoms with Crippen molar-refractivity contribution in [2.75, 3.05) is 24.3 Å². The summed E-state index contributed by atoms with van der Waals surface area (Å²) in [5, 5.41) is 10.2. The second-order valence-electron chi connectivity index (χ2n) is 5.24. The van der Waals surface area contributed by atoms with Gasteiger partial charge in [0.15, 0.2) is 5.82 Å². The van der Waals surface area contributed by atoms with Crippen molar-refractivity contribution in [2.24, 2.45) is 0 Å². The Morgan fingerprint density at radius 1 is 1.12 bits per heavy atom. The molecule has 0 aliphatic heterocycles. The zero-order valence-electron chi connectivity index (χ0n) is 13.6. The Morgan fingerprint density at radius 2 is 1.96 bits per heavy atom. The van der Waals surface area contributed by atoms with Crippen LogP contribution in [0.3, 0.4) is 0 Å². The van der Waals surface area contributed by atoms with Gasteiger partial charge in [0.1, 0.15) is 17.3 Å². The van der Waals surface area contributed by atoms with Gasteiger partial charge in [0, 0.05) is 18.8 Å². The van der Waals surface area contributed by atoms with E-state index in [2.05, 4.69) is 25.8 Å². The molecular formula is C17H19N5O2. The van der Waals surface area contributed by atoms with Gasteiger partial charge >= 0.3 is 0 Å². The molecule has 7 nitrogen and oxygen atoms in total. The van der Waals surface area contributed by atoms with Crippen LogP contribution in [-0.4, -0.2) is 28.8 Å². The Kier molecular flexibility index (Phi) is 4.90. The van der Waals surface area contributed by atoms with Crippen LogP contribution in [-0.2, 0) is 6.42 Å². The molecule has 0 amide bonds. The highest BCUT2D eigenvalue weighted by atomic mass is 16.5. The van der Waals surface area contributed by atoms with Crippen molar-refractivity contribution in [3.63, 3.8) is 0 Å². The van der Waals surface area contributed by atoms with Gasteiger partial charge in [0.05, 0.1) is 7.11 Å². The summed E-state index contributed by atoms with van der Waals surface area (Å²) in [6, 6.07) is 11.6. The first-order valence-corrected chi connectivity index (χ1v) is 7.63. The molecule has 0 radical (unpaired) electrons. The number of ether oxygens (including phenoxy) is 1. The van der Waals surface area contributed by atoms with Gasteiger partial charge in [0.2, 0.25) is 5.95 Å². The molecular weight excluding hydrogens is 306 g/mol. The fourth-order valence-electron chi connectivity index (χ4n) is 2.18. The van der Waals surface area contributed by atoms with Gasteiger partial charge < -0.3 is 19.9 Å². The number of hydrogen-bond acceptors (Lipinski definition) is 7. The highest BCUT2D eigenvalue weighted by Crippen LogP contribution is 2.15.